The predicted octanol–water partition coefficient (Wildman–Crippen LogP) is 0.267. The van der Waals surface area contributed by atoms with Gasteiger partial charge in [-0.25, -0.2) is 0 Å². The van der Waals surface area contributed by atoms with Crippen molar-refractivity contribution in [2.24, 2.45) is 23.3 Å². The first-order chi connectivity index (χ1) is 7.68. The summed E-state index contributed by atoms with van der Waals surface area (Å²) in [6, 6.07) is -0.120. The molecule has 0 saturated carbocycles. The number of thiocarbonyl (C=S) groups is 1. The first-order valence-corrected chi connectivity index (χ1v) is 5.97. The Morgan fingerprint density at radius 1 is 1.18 bits per heavy atom. The Morgan fingerprint density at radius 3 is 1.88 bits per heavy atom. The van der Waals surface area contributed by atoms with Crippen molar-refractivity contribution in [2.45, 2.75) is 33.7 Å². The second-order valence-electron chi connectivity index (χ2n) is 4.65. The topological polar surface area (TPSA) is 89.4 Å². The van der Waals surface area contributed by atoms with Crippen molar-refractivity contribution in [3.05, 3.63) is 0 Å². The molecule has 0 aromatic rings. The minimum atomic E-state index is -0.549. The lowest BCUT2D eigenvalue weighted by atomic mass is 9.94. The van der Waals surface area contributed by atoms with Crippen molar-refractivity contribution in [1.29, 1.82) is 0 Å². The highest BCUT2D eigenvalue weighted by Crippen LogP contribution is 2.16. The zero-order chi connectivity index (χ0) is 13.7. The van der Waals surface area contributed by atoms with Crippen molar-refractivity contribution in [2.75, 3.05) is 6.54 Å². The molecule has 0 aliphatic rings. The zero-order valence-corrected chi connectivity index (χ0v) is 11.6. The lowest BCUT2D eigenvalue weighted by Gasteiger charge is -2.30. The molecule has 0 saturated heterocycles. The zero-order valence-electron chi connectivity index (χ0n) is 10.8. The van der Waals surface area contributed by atoms with Gasteiger partial charge in [0.25, 0.3) is 0 Å². The number of amides is 2. The van der Waals surface area contributed by atoms with Crippen LogP contribution in [0.2, 0.25) is 0 Å². The van der Waals surface area contributed by atoms with E-state index in [0.717, 1.165) is 0 Å². The smallest absolute Gasteiger partial charge is 0.237 e. The molecule has 2 amide bonds. The lowest BCUT2D eigenvalue weighted by Crippen LogP contribution is -2.49. The number of nitrogens with zero attached hydrogens (tertiary/aromatic N) is 1. The minimum absolute atomic E-state index is 0.00544. The van der Waals surface area contributed by atoms with Crippen LogP contribution in [0.1, 0.15) is 27.7 Å². The van der Waals surface area contributed by atoms with E-state index in [1.54, 1.807) is 0 Å². The fourth-order valence-corrected chi connectivity index (χ4v) is 1.97. The largest absolute Gasteiger partial charge is 0.393 e. The van der Waals surface area contributed by atoms with Gasteiger partial charge in [0.15, 0.2) is 0 Å². The Bertz CT molecular complexity index is 316. The number of primary amides is 1. The van der Waals surface area contributed by atoms with Crippen molar-refractivity contribution < 1.29 is 9.59 Å². The standard InChI is InChI=1S/C11H21N3O2S/c1-6(2)9(10(13)17)11(16)14(7(3)4)5-8(12)15/h6-7,9H,5H2,1-4H3,(H2,12,15)(H2,13,17). The molecule has 0 bridgehead atoms. The summed E-state index contributed by atoms with van der Waals surface area (Å²) in [5.74, 6) is -1.33. The van der Waals surface area contributed by atoms with Gasteiger partial charge in [-0.2, -0.15) is 0 Å². The summed E-state index contributed by atoms with van der Waals surface area (Å²) >= 11 is 4.90. The van der Waals surface area contributed by atoms with E-state index in [4.69, 9.17) is 23.7 Å². The van der Waals surface area contributed by atoms with Crippen LogP contribution in [-0.4, -0.2) is 34.3 Å². The summed E-state index contributed by atoms with van der Waals surface area (Å²) in [7, 11) is 0. The van der Waals surface area contributed by atoms with Crippen LogP contribution in [-0.2, 0) is 9.59 Å². The Labute approximate surface area is 108 Å². The van der Waals surface area contributed by atoms with Gasteiger partial charge >= 0.3 is 0 Å². The minimum Gasteiger partial charge on any atom is -0.393 e. The third kappa shape index (κ3) is 4.68. The molecule has 0 aromatic heterocycles. The Hall–Kier alpha value is -1.17. The Kier molecular flexibility index (Phi) is 6.09. The van der Waals surface area contributed by atoms with E-state index < -0.39 is 11.8 Å². The van der Waals surface area contributed by atoms with Crippen molar-refractivity contribution >= 4 is 29.0 Å². The van der Waals surface area contributed by atoms with Crippen LogP contribution in [0.25, 0.3) is 0 Å². The molecule has 0 rings (SSSR count). The van der Waals surface area contributed by atoms with E-state index in [1.165, 1.54) is 4.90 Å². The molecule has 98 valence electrons. The van der Waals surface area contributed by atoms with E-state index in [-0.39, 0.29) is 29.4 Å². The van der Waals surface area contributed by atoms with Crippen LogP contribution in [0, 0.1) is 11.8 Å². The Balaban J connectivity index is 5.04. The molecule has 0 fully saturated rings. The SMILES string of the molecule is CC(C)C(C(=O)N(CC(N)=O)C(C)C)C(N)=S. The first-order valence-electron chi connectivity index (χ1n) is 5.56. The average molecular weight is 259 g/mol. The highest BCUT2D eigenvalue weighted by Gasteiger charge is 2.31. The lowest BCUT2D eigenvalue weighted by molar-refractivity contribution is -0.139. The summed E-state index contributed by atoms with van der Waals surface area (Å²) in [6.45, 7) is 7.26. The molecule has 1 unspecified atom stereocenters. The molecule has 17 heavy (non-hydrogen) atoms. The van der Waals surface area contributed by atoms with E-state index in [1.807, 2.05) is 27.7 Å². The molecule has 0 spiro atoms. The van der Waals surface area contributed by atoms with Gasteiger partial charge < -0.3 is 16.4 Å². The molecule has 4 N–H and O–H groups in total. The maximum absolute atomic E-state index is 12.3. The third-order valence-electron chi connectivity index (χ3n) is 2.47. The third-order valence-corrected chi connectivity index (χ3v) is 2.73. The molecule has 6 heteroatoms. The summed E-state index contributed by atoms with van der Waals surface area (Å²) in [5, 5.41) is 0. The summed E-state index contributed by atoms with van der Waals surface area (Å²) in [6.07, 6.45) is 0. The van der Waals surface area contributed by atoms with E-state index in [9.17, 15) is 9.59 Å². The molecule has 0 heterocycles. The second-order valence-corrected chi connectivity index (χ2v) is 5.12. The number of carbonyl (C=O) groups is 2. The van der Waals surface area contributed by atoms with Gasteiger partial charge in [-0.3, -0.25) is 9.59 Å². The maximum Gasteiger partial charge on any atom is 0.237 e. The number of carbonyl (C=O) groups excluding carboxylic acids is 2. The van der Waals surface area contributed by atoms with Gasteiger partial charge in [-0.05, 0) is 19.8 Å². The number of rotatable bonds is 6. The van der Waals surface area contributed by atoms with Crippen LogP contribution in [0.3, 0.4) is 0 Å². The van der Waals surface area contributed by atoms with E-state index in [2.05, 4.69) is 0 Å². The van der Waals surface area contributed by atoms with Crippen LogP contribution in [0.5, 0.6) is 0 Å². The van der Waals surface area contributed by atoms with Crippen LogP contribution < -0.4 is 11.5 Å². The number of hydrogen-bond donors (Lipinski definition) is 2. The van der Waals surface area contributed by atoms with Gasteiger partial charge in [0, 0.05) is 6.04 Å². The van der Waals surface area contributed by atoms with Crippen LogP contribution in [0.4, 0.5) is 0 Å². The second kappa shape index (κ2) is 6.54. The quantitative estimate of drug-likeness (QED) is 0.670. The summed E-state index contributed by atoms with van der Waals surface area (Å²) in [4.78, 5) is 24.8. The van der Waals surface area contributed by atoms with Crippen molar-refractivity contribution in [1.82, 2.24) is 4.90 Å². The molecule has 5 nitrogen and oxygen atoms in total. The first kappa shape index (κ1) is 15.8. The van der Waals surface area contributed by atoms with Gasteiger partial charge in [0.2, 0.25) is 11.8 Å². The van der Waals surface area contributed by atoms with Crippen LogP contribution in [0.15, 0.2) is 0 Å². The Morgan fingerprint density at radius 2 is 1.65 bits per heavy atom. The molecule has 0 aliphatic heterocycles. The van der Waals surface area contributed by atoms with Gasteiger partial charge in [-0.15, -0.1) is 0 Å². The maximum atomic E-state index is 12.3. The number of nitrogens with two attached hydrogens (primary N) is 2. The van der Waals surface area contributed by atoms with Gasteiger partial charge in [0.1, 0.15) is 0 Å². The van der Waals surface area contributed by atoms with Crippen molar-refractivity contribution in [3.8, 4) is 0 Å². The monoisotopic (exact) mass is 259 g/mol. The normalized spacial score (nSPS) is 12.6. The van der Waals surface area contributed by atoms with Crippen LogP contribution >= 0.6 is 12.2 Å². The molecular weight excluding hydrogens is 238 g/mol. The summed E-state index contributed by atoms with van der Waals surface area (Å²) in [5.41, 5.74) is 10.7. The van der Waals surface area contributed by atoms with Gasteiger partial charge in [-0.1, -0.05) is 26.1 Å². The molecule has 0 aromatic carbocycles. The molecular formula is C11H21N3O2S. The fourth-order valence-electron chi connectivity index (χ4n) is 1.60. The highest BCUT2D eigenvalue weighted by molar-refractivity contribution is 7.80. The van der Waals surface area contributed by atoms with E-state index >= 15 is 0 Å². The molecule has 1 atom stereocenters. The highest BCUT2D eigenvalue weighted by atomic mass is 32.1. The summed E-state index contributed by atoms with van der Waals surface area (Å²) < 4.78 is 0. The van der Waals surface area contributed by atoms with E-state index in [0.29, 0.717) is 0 Å². The molecule has 0 aliphatic carbocycles. The molecule has 0 radical (unpaired) electrons. The van der Waals surface area contributed by atoms with Crippen molar-refractivity contribution in [3.63, 3.8) is 0 Å². The fraction of sp³-hybridized carbons (Fsp3) is 0.727. The average Bonchev–Trinajstić information content (AvgIpc) is 2.11. The predicted molar refractivity (Wildman–Crippen MR) is 71.2 cm³/mol. The number of hydrogen-bond acceptors (Lipinski definition) is 3. The van der Waals surface area contributed by atoms with Gasteiger partial charge in [0.05, 0.1) is 17.5 Å².